The van der Waals surface area contributed by atoms with Crippen molar-refractivity contribution in [1.29, 1.82) is 0 Å². The summed E-state index contributed by atoms with van der Waals surface area (Å²) in [6, 6.07) is 0. The number of nitrogens with zero attached hydrogens (tertiary/aromatic N) is 1. The fraction of sp³-hybridized carbons (Fsp3) is 0.600. The van der Waals surface area contributed by atoms with Crippen molar-refractivity contribution in [1.82, 2.24) is 9.97 Å². The van der Waals surface area contributed by atoms with E-state index in [0.29, 0.717) is 11.1 Å². The highest BCUT2D eigenvalue weighted by atomic mass is 32.2. The Morgan fingerprint density at radius 2 is 2.53 bits per heavy atom. The number of hydrogen-bond donors (Lipinski definition) is 2. The zero-order valence-electron chi connectivity index (χ0n) is 8.53. The molecule has 0 amide bonds. The van der Waals surface area contributed by atoms with E-state index in [2.05, 4.69) is 15.3 Å². The smallest absolute Gasteiger partial charge is 0.290 e. The maximum Gasteiger partial charge on any atom is 0.290 e. The molecule has 1 saturated heterocycles. The lowest BCUT2D eigenvalue weighted by molar-refractivity contribution is 0.676. The Bertz CT molecular complexity index is 360. The van der Waals surface area contributed by atoms with Crippen LogP contribution in [0.1, 0.15) is 19.3 Å². The van der Waals surface area contributed by atoms with Crippen LogP contribution in [0.2, 0.25) is 0 Å². The van der Waals surface area contributed by atoms with Crippen LogP contribution in [-0.4, -0.2) is 27.5 Å². The van der Waals surface area contributed by atoms with Crippen LogP contribution in [0.3, 0.4) is 0 Å². The van der Waals surface area contributed by atoms with E-state index in [4.69, 9.17) is 0 Å². The van der Waals surface area contributed by atoms with Crippen molar-refractivity contribution in [3.63, 3.8) is 0 Å². The third-order valence-corrected chi connectivity index (χ3v) is 3.88. The standard InChI is InChI=1S/C10H15N3OS/c14-10-9(11-4-5-12-10)13-7-8-3-1-2-6-15-8/h4-5,8H,1-3,6-7H2,(H,11,13)(H,12,14). The second kappa shape index (κ2) is 5.21. The van der Waals surface area contributed by atoms with Gasteiger partial charge >= 0.3 is 0 Å². The first-order valence-corrected chi connectivity index (χ1v) is 6.30. The Morgan fingerprint density at radius 1 is 1.60 bits per heavy atom. The minimum absolute atomic E-state index is 0.140. The minimum atomic E-state index is -0.140. The quantitative estimate of drug-likeness (QED) is 0.818. The van der Waals surface area contributed by atoms with E-state index in [1.165, 1.54) is 25.0 Å². The first-order chi connectivity index (χ1) is 7.36. The summed E-state index contributed by atoms with van der Waals surface area (Å²) in [5.41, 5.74) is -0.140. The van der Waals surface area contributed by atoms with Gasteiger partial charge in [0.2, 0.25) is 0 Å². The molecule has 15 heavy (non-hydrogen) atoms. The largest absolute Gasteiger partial charge is 0.364 e. The summed E-state index contributed by atoms with van der Waals surface area (Å²) < 4.78 is 0. The van der Waals surface area contributed by atoms with Gasteiger partial charge in [0.15, 0.2) is 5.82 Å². The molecule has 1 aliphatic rings. The molecule has 2 N–H and O–H groups in total. The van der Waals surface area contributed by atoms with E-state index in [1.54, 1.807) is 12.4 Å². The molecule has 2 rings (SSSR count). The van der Waals surface area contributed by atoms with Gasteiger partial charge in [-0.25, -0.2) is 4.98 Å². The van der Waals surface area contributed by atoms with Crippen molar-refractivity contribution in [2.24, 2.45) is 0 Å². The van der Waals surface area contributed by atoms with Crippen LogP contribution in [-0.2, 0) is 0 Å². The van der Waals surface area contributed by atoms with Gasteiger partial charge in [0, 0.05) is 24.2 Å². The molecule has 0 aromatic carbocycles. The number of aromatic amines is 1. The number of thioether (sulfide) groups is 1. The normalized spacial score (nSPS) is 21.2. The lowest BCUT2D eigenvalue weighted by Gasteiger charge is -2.21. The maximum absolute atomic E-state index is 11.3. The van der Waals surface area contributed by atoms with Gasteiger partial charge in [-0.2, -0.15) is 11.8 Å². The predicted octanol–water partition coefficient (Wildman–Crippen LogP) is 1.47. The molecule has 1 aromatic rings. The average molecular weight is 225 g/mol. The van der Waals surface area contributed by atoms with Gasteiger partial charge in [0.25, 0.3) is 5.56 Å². The molecule has 5 heteroatoms. The molecule has 4 nitrogen and oxygen atoms in total. The highest BCUT2D eigenvalue weighted by molar-refractivity contribution is 7.99. The predicted molar refractivity (Wildman–Crippen MR) is 63.4 cm³/mol. The molecule has 0 spiro atoms. The second-order valence-electron chi connectivity index (χ2n) is 3.64. The Morgan fingerprint density at radius 3 is 3.27 bits per heavy atom. The summed E-state index contributed by atoms with van der Waals surface area (Å²) in [7, 11) is 0. The van der Waals surface area contributed by atoms with Crippen LogP contribution < -0.4 is 10.9 Å². The second-order valence-corrected chi connectivity index (χ2v) is 5.04. The molecule has 1 aromatic heterocycles. The number of nitrogens with one attached hydrogen (secondary N) is 2. The molecule has 1 atom stereocenters. The molecular formula is C10H15N3OS. The van der Waals surface area contributed by atoms with Gasteiger partial charge in [-0.3, -0.25) is 4.79 Å². The van der Waals surface area contributed by atoms with Crippen LogP contribution in [0.4, 0.5) is 5.82 Å². The van der Waals surface area contributed by atoms with Gasteiger partial charge in [0.05, 0.1) is 0 Å². The van der Waals surface area contributed by atoms with E-state index in [0.717, 1.165) is 6.54 Å². The number of rotatable bonds is 3. The van der Waals surface area contributed by atoms with Crippen LogP contribution in [0, 0.1) is 0 Å². The van der Waals surface area contributed by atoms with E-state index in [-0.39, 0.29) is 5.56 Å². The number of hydrogen-bond acceptors (Lipinski definition) is 4. The van der Waals surface area contributed by atoms with Crippen LogP contribution in [0.25, 0.3) is 0 Å². The lowest BCUT2D eigenvalue weighted by Crippen LogP contribution is -2.24. The molecule has 0 bridgehead atoms. The van der Waals surface area contributed by atoms with Gasteiger partial charge < -0.3 is 10.3 Å². The first kappa shape index (κ1) is 10.5. The third kappa shape index (κ3) is 2.99. The van der Waals surface area contributed by atoms with E-state index in [1.807, 2.05) is 11.8 Å². The van der Waals surface area contributed by atoms with Crippen molar-refractivity contribution >= 4 is 17.6 Å². The van der Waals surface area contributed by atoms with E-state index < -0.39 is 0 Å². The lowest BCUT2D eigenvalue weighted by atomic mass is 10.2. The number of anilines is 1. The Labute approximate surface area is 92.9 Å². The van der Waals surface area contributed by atoms with Gasteiger partial charge in [-0.15, -0.1) is 0 Å². The third-order valence-electron chi connectivity index (χ3n) is 2.48. The SMILES string of the molecule is O=c1[nH]ccnc1NCC1CCCCS1. The highest BCUT2D eigenvalue weighted by Gasteiger charge is 2.13. The monoisotopic (exact) mass is 225 g/mol. The van der Waals surface area contributed by atoms with Crippen molar-refractivity contribution in [2.45, 2.75) is 24.5 Å². The molecule has 1 unspecified atom stereocenters. The van der Waals surface area contributed by atoms with Crippen molar-refractivity contribution < 1.29 is 0 Å². The Kier molecular flexibility index (Phi) is 3.66. The summed E-state index contributed by atoms with van der Waals surface area (Å²) in [5, 5.41) is 3.73. The highest BCUT2D eigenvalue weighted by Crippen LogP contribution is 2.24. The molecule has 0 aliphatic carbocycles. The fourth-order valence-electron chi connectivity index (χ4n) is 1.66. The molecule has 82 valence electrons. The molecule has 1 aliphatic heterocycles. The fourth-order valence-corrected chi connectivity index (χ4v) is 2.90. The zero-order valence-corrected chi connectivity index (χ0v) is 9.35. The molecule has 0 radical (unpaired) electrons. The van der Waals surface area contributed by atoms with Gasteiger partial charge in [-0.1, -0.05) is 6.42 Å². The average Bonchev–Trinajstić information content (AvgIpc) is 2.29. The molecule has 2 heterocycles. The van der Waals surface area contributed by atoms with Crippen molar-refractivity contribution in [3.05, 3.63) is 22.7 Å². The Hall–Kier alpha value is -0.970. The summed E-state index contributed by atoms with van der Waals surface area (Å²) in [6.45, 7) is 0.838. The first-order valence-electron chi connectivity index (χ1n) is 5.25. The maximum atomic E-state index is 11.3. The summed E-state index contributed by atoms with van der Waals surface area (Å²) in [5.74, 6) is 1.67. The minimum Gasteiger partial charge on any atom is -0.364 e. The van der Waals surface area contributed by atoms with Gasteiger partial charge in [-0.05, 0) is 18.6 Å². The summed E-state index contributed by atoms with van der Waals surface area (Å²) in [6.07, 6.45) is 7.01. The summed E-state index contributed by atoms with van der Waals surface area (Å²) >= 11 is 1.99. The van der Waals surface area contributed by atoms with Crippen LogP contribution in [0.15, 0.2) is 17.2 Å². The van der Waals surface area contributed by atoms with Gasteiger partial charge in [0.1, 0.15) is 0 Å². The van der Waals surface area contributed by atoms with Crippen molar-refractivity contribution in [2.75, 3.05) is 17.6 Å². The Balaban J connectivity index is 1.87. The number of H-pyrrole nitrogens is 1. The molecule has 1 fully saturated rings. The van der Waals surface area contributed by atoms with Crippen LogP contribution in [0.5, 0.6) is 0 Å². The summed E-state index contributed by atoms with van der Waals surface area (Å²) in [4.78, 5) is 17.9. The number of aromatic nitrogens is 2. The van der Waals surface area contributed by atoms with Crippen molar-refractivity contribution in [3.8, 4) is 0 Å². The van der Waals surface area contributed by atoms with E-state index >= 15 is 0 Å². The van der Waals surface area contributed by atoms with Crippen LogP contribution >= 0.6 is 11.8 Å². The topological polar surface area (TPSA) is 57.8 Å². The van der Waals surface area contributed by atoms with E-state index in [9.17, 15) is 4.79 Å². The zero-order chi connectivity index (χ0) is 10.5. The molecule has 0 saturated carbocycles. The molecular weight excluding hydrogens is 210 g/mol.